The minimum atomic E-state index is 0.547. The van der Waals surface area contributed by atoms with Gasteiger partial charge >= 0.3 is 0 Å². The Kier molecular flexibility index (Phi) is 7.10. The largest absolute Gasteiger partial charge is 0.372 e. The number of aromatic nitrogens is 2. The third kappa shape index (κ3) is 5.44. The standard InChI is InChI=1S/C28H29N5/c1-4-33(5-2)25-18-16-22(17-19-25)21-29-32(3)28-30-26(23-12-8-6-9-13-23)20-27(31-28)24-14-10-7-11-15-24/h6-21H,4-5H2,1-3H3. The Morgan fingerprint density at radius 2 is 1.24 bits per heavy atom. The predicted molar refractivity (Wildman–Crippen MR) is 139 cm³/mol. The first kappa shape index (κ1) is 22.2. The smallest absolute Gasteiger partial charge is 0.247 e. The minimum Gasteiger partial charge on any atom is -0.372 e. The number of hydrogen-bond donors (Lipinski definition) is 0. The van der Waals surface area contributed by atoms with Crippen LogP contribution in [0.25, 0.3) is 22.5 Å². The molecule has 5 nitrogen and oxygen atoms in total. The van der Waals surface area contributed by atoms with E-state index in [1.165, 1.54) is 5.69 Å². The van der Waals surface area contributed by atoms with Crippen molar-refractivity contribution < 1.29 is 0 Å². The number of benzene rings is 3. The molecule has 33 heavy (non-hydrogen) atoms. The molecule has 0 fully saturated rings. The number of nitrogens with zero attached hydrogens (tertiary/aromatic N) is 5. The van der Waals surface area contributed by atoms with Gasteiger partial charge < -0.3 is 4.90 Å². The summed E-state index contributed by atoms with van der Waals surface area (Å²) in [5.41, 5.74) is 6.07. The predicted octanol–water partition coefficient (Wildman–Crippen LogP) is 6.13. The van der Waals surface area contributed by atoms with Gasteiger partial charge in [-0.25, -0.2) is 15.0 Å². The molecule has 0 amide bonds. The van der Waals surface area contributed by atoms with Crippen molar-refractivity contribution in [1.29, 1.82) is 0 Å². The van der Waals surface area contributed by atoms with Crippen LogP contribution in [0.3, 0.4) is 0 Å². The molecule has 5 heteroatoms. The van der Waals surface area contributed by atoms with E-state index in [-0.39, 0.29) is 0 Å². The maximum absolute atomic E-state index is 4.80. The lowest BCUT2D eigenvalue weighted by Gasteiger charge is -2.20. The van der Waals surface area contributed by atoms with Crippen LogP contribution in [-0.2, 0) is 0 Å². The Morgan fingerprint density at radius 1 is 0.727 bits per heavy atom. The third-order valence-corrected chi connectivity index (χ3v) is 5.54. The summed E-state index contributed by atoms with van der Waals surface area (Å²) in [4.78, 5) is 11.9. The molecular formula is C28H29N5. The second-order valence-corrected chi connectivity index (χ2v) is 7.70. The highest BCUT2D eigenvalue weighted by Gasteiger charge is 2.11. The first-order valence-electron chi connectivity index (χ1n) is 11.3. The second kappa shape index (κ2) is 10.6. The van der Waals surface area contributed by atoms with Crippen molar-refractivity contribution >= 4 is 17.9 Å². The molecule has 4 rings (SSSR count). The van der Waals surface area contributed by atoms with E-state index >= 15 is 0 Å². The molecule has 0 aliphatic carbocycles. The molecule has 166 valence electrons. The van der Waals surface area contributed by atoms with E-state index < -0.39 is 0 Å². The summed E-state index contributed by atoms with van der Waals surface area (Å²) >= 11 is 0. The molecule has 0 N–H and O–H groups in total. The van der Waals surface area contributed by atoms with Crippen LogP contribution in [0.4, 0.5) is 11.6 Å². The molecule has 1 heterocycles. The normalized spacial score (nSPS) is 11.0. The summed E-state index contributed by atoms with van der Waals surface area (Å²) in [5, 5.41) is 6.34. The van der Waals surface area contributed by atoms with Crippen molar-refractivity contribution in [3.63, 3.8) is 0 Å². The van der Waals surface area contributed by atoms with E-state index in [1.54, 1.807) is 5.01 Å². The summed E-state index contributed by atoms with van der Waals surface area (Å²) in [6, 6.07) is 30.8. The molecule has 4 aromatic rings. The maximum atomic E-state index is 4.80. The summed E-state index contributed by atoms with van der Waals surface area (Å²) in [7, 11) is 1.87. The van der Waals surface area contributed by atoms with Crippen LogP contribution in [0.5, 0.6) is 0 Å². The van der Waals surface area contributed by atoms with E-state index in [0.29, 0.717) is 5.95 Å². The van der Waals surface area contributed by atoms with Crippen molar-refractivity contribution in [2.24, 2.45) is 5.10 Å². The van der Waals surface area contributed by atoms with Gasteiger partial charge in [-0.15, -0.1) is 0 Å². The molecule has 0 aliphatic heterocycles. The lowest BCUT2D eigenvalue weighted by molar-refractivity contribution is 0.866. The van der Waals surface area contributed by atoms with Gasteiger partial charge in [-0.2, -0.15) is 5.10 Å². The van der Waals surface area contributed by atoms with Crippen LogP contribution in [0.2, 0.25) is 0 Å². The zero-order valence-corrected chi connectivity index (χ0v) is 19.4. The Bertz CT molecular complexity index is 1130. The summed E-state index contributed by atoms with van der Waals surface area (Å²) in [6.45, 7) is 6.32. The van der Waals surface area contributed by atoms with Gasteiger partial charge in [-0.1, -0.05) is 72.8 Å². The Balaban J connectivity index is 1.63. The van der Waals surface area contributed by atoms with Crippen LogP contribution in [0.15, 0.2) is 96.1 Å². The molecule has 0 unspecified atom stereocenters. The fourth-order valence-electron chi connectivity index (χ4n) is 3.66. The first-order valence-corrected chi connectivity index (χ1v) is 11.3. The summed E-state index contributed by atoms with van der Waals surface area (Å²) < 4.78 is 0. The monoisotopic (exact) mass is 435 g/mol. The van der Waals surface area contributed by atoms with Crippen LogP contribution in [0.1, 0.15) is 19.4 Å². The second-order valence-electron chi connectivity index (χ2n) is 7.70. The maximum Gasteiger partial charge on any atom is 0.247 e. The van der Waals surface area contributed by atoms with Gasteiger partial charge in [0, 0.05) is 37.0 Å². The fraction of sp³-hybridized carbons (Fsp3) is 0.179. The van der Waals surface area contributed by atoms with Gasteiger partial charge in [0.05, 0.1) is 17.6 Å². The van der Waals surface area contributed by atoms with Gasteiger partial charge in [0.25, 0.3) is 0 Å². The lowest BCUT2D eigenvalue weighted by Crippen LogP contribution is -2.21. The molecule has 0 spiro atoms. The molecule has 0 saturated carbocycles. The van der Waals surface area contributed by atoms with Crippen LogP contribution >= 0.6 is 0 Å². The first-order chi connectivity index (χ1) is 16.2. The minimum absolute atomic E-state index is 0.547. The van der Waals surface area contributed by atoms with Gasteiger partial charge in [-0.05, 0) is 37.6 Å². The van der Waals surface area contributed by atoms with Gasteiger partial charge in [0.1, 0.15) is 0 Å². The number of rotatable bonds is 8. The molecule has 0 saturated heterocycles. The molecular weight excluding hydrogens is 406 g/mol. The highest BCUT2D eigenvalue weighted by Crippen LogP contribution is 2.26. The van der Waals surface area contributed by atoms with E-state index in [1.807, 2.05) is 55.7 Å². The van der Waals surface area contributed by atoms with E-state index in [9.17, 15) is 0 Å². The van der Waals surface area contributed by atoms with Gasteiger partial charge in [-0.3, -0.25) is 0 Å². The van der Waals surface area contributed by atoms with Crippen LogP contribution in [0, 0.1) is 0 Å². The fourth-order valence-corrected chi connectivity index (χ4v) is 3.66. The highest BCUT2D eigenvalue weighted by atomic mass is 15.5. The van der Waals surface area contributed by atoms with Gasteiger partial charge in [0.15, 0.2) is 0 Å². The number of hydrazone groups is 1. The summed E-state index contributed by atoms with van der Waals surface area (Å²) in [5.74, 6) is 0.547. The average Bonchev–Trinajstić information content (AvgIpc) is 2.89. The molecule has 3 aromatic carbocycles. The van der Waals surface area contributed by atoms with Crippen LogP contribution < -0.4 is 9.91 Å². The van der Waals surface area contributed by atoms with Gasteiger partial charge in [0.2, 0.25) is 5.95 Å². The highest BCUT2D eigenvalue weighted by molar-refractivity contribution is 5.81. The van der Waals surface area contributed by atoms with E-state index in [0.717, 1.165) is 41.2 Å². The SMILES string of the molecule is CCN(CC)c1ccc(C=NN(C)c2nc(-c3ccccc3)cc(-c3ccccc3)n2)cc1. The zero-order valence-electron chi connectivity index (χ0n) is 19.4. The van der Waals surface area contributed by atoms with Crippen LogP contribution in [-0.4, -0.2) is 36.3 Å². The molecule has 1 aromatic heterocycles. The Hall–Kier alpha value is -3.99. The van der Waals surface area contributed by atoms with E-state index in [2.05, 4.69) is 72.4 Å². The topological polar surface area (TPSA) is 44.6 Å². The lowest BCUT2D eigenvalue weighted by atomic mass is 10.1. The van der Waals surface area contributed by atoms with Crippen molar-refractivity contribution in [2.75, 3.05) is 30.0 Å². The number of hydrogen-bond acceptors (Lipinski definition) is 5. The average molecular weight is 436 g/mol. The molecule has 0 bridgehead atoms. The van der Waals surface area contributed by atoms with Crippen molar-refractivity contribution in [2.45, 2.75) is 13.8 Å². The number of anilines is 2. The third-order valence-electron chi connectivity index (χ3n) is 5.54. The van der Waals surface area contributed by atoms with E-state index in [4.69, 9.17) is 9.97 Å². The molecule has 0 atom stereocenters. The Labute approximate surface area is 196 Å². The van der Waals surface area contributed by atoms with Crippen molar-refractivity contribution in [3.05, 3.63) is 96.6 Å². The molecule has 0 radical (unpaired) electrons. The summed E-state index contributed by atoms with van der Waals surface area (Å²) in [6.07, 6.45) is 1.84. The van der Waals surface area contributed by atoms with Crippen molar-refractivity contribution in [3.8, 4) is 22.5 Å². The Morgan fingerprint density at radius 3 is 1.73 bits per heavy atom. The molecule has 0 aliphatic rings. The zero-order chi connectivity index (χ0) is 23.0. The van der Waals surface area contributed by atoms with Crippen molar-refractivity contribution in [1.82, 2.24) is 9.97 Å². The quantitative estimate of drug-likeness (QED) is 0.247.